The first-order valence-electron chi connectivity index (χ1n) is 8.78. The minimum Gasteiger partial charge on any atom is -0.465 e. The second-order valence-electron chi connectivity index (χ2n) is 7.01. The molecule has 0 saturated carbocycles. The van der Waals surface area contributed by atoms with E-state index in [1.54, 1.807) is 19.2 Å². The molecule has 2 heterocycles. The van der Waals surface area contributed by atoms with E-state index < -0.39 is 6.09 Å². The molecule has 3 rings (SSSR count). The number of nitrogens with one attached hydrogen (secondary N) is 1. The van der Waals surface area contributed by atoms with E-state index in [0.29, 0.717) is 23.1 Å². The standard InChI is InChI=1S/C18H23Cl2N3O3/c1-22(18(25)26)16-10-23(17(24)11-4-6-21-7-5-11)9-13(16)12-2-3-14(19)15(20)8-12/h2-3,8,11,13,16,21H,4-7,9-10H2,1H3,(H,25,26)/t13-,16+/m0/s1. The molecule has 1 aromatic rings. The number of nitrogens with zero attached hydrogens (tertiary/aromatic N) is 2. The SMILES string of the molecule is CN(C(=O)O)[C@@H]1CN(C(=O)C2CCNCC2)C[C@H]1c1ccc(Cl)c(Cl)c1. The van der Waals surface area contributed by atoms with Gasteiger partial charge in [0.1, 0.15) is 0 Å². The lowest BCUT2D eigenvalue weighted by atomic mass is 9.93. The normalized spacial score (nSPS) is 23.9. The largest absolute Gasteiger partial charge is 0.465 e. The molecule has 8 heteroatoms. The van der Waals surface area contributed by atoms with Crippen molar-refractivity contribution < 1.29 is 14.7 Å². The summed E-state index contributed by atoms with van der Waals surface area (Å²) in [5.41, 5.74) is 0.901. The van der Waals surface area contributed by atoms with Gasteiger partial charge in [-0.25, -0.2) is 4.79 Å². The minimum atomic E-state index is -1.00. The number of likely N-dealkylation sites (N-methyl/N-ethyl adjacent to an activating group) is 1. The second-order valence-corrected chi connectivity index (χ2v) is 7.82. The molecule has 2 amide bonds. The van der Waals surface area contributed by atoms with Gasteiger partial charge < -0.3 is 20.2 Å². The van der Waals surface area contributed by atoms with Crippen LogP contribution in [0.5, 0.6) is 0 Å². The number of carboxylic acid groups (broad SMARTS) is 1. The molecular weight excluding hydrogens is 377 g/mol. The number of halogens is 2. The molecule has 2 aliphatic heterocycles. The lowest BCUT2D eigenvalue weighted by Crippen LogP contribution is -2.43. The van der Waals surface area contributed by atoms with Gasteiger partial charge in [0.05, 0.1) is 16.1 Å². The Hall–Kier alpha value is -1.50. The van der Waals surface area contributed by atoms with Crippen molar-refractivity contribution in [2.45, 2.75) is 24.8 Å². The summed E-state index contributed by atoms with van der Waals surface area (Å²) in [6.45, 7) is 2.58. The molecule has 142 valence electrons. The summed E-state index contributed by atoms with van der Waals surface area (Å²) < 4.78 is 0. The first kappa shape index (κ1) is 19.3. The molecule has 26 heavy (non-hydrogen) atoms. The number of hydrogen-bond donors (Lipinski definition) is 2. The molecule has 6 nitrogen and oxygen atoms in total. The third-order valence-electron chi connectivity index (χ3n) is 5.46. The Bertz CT molecular complexity index is 694. The lowest BCUT2D eigenvalue weighted by molar-refractivity contribution is -0.135. The van der Waals surface area contributed by atoms with E-state index >= 15 is 0 Å². The van der Waals surface area contributed by atoms with Gasteiger partial charge in [0.15, 0.2) is 0 Å². The molecule has 2 atom stereocenters. The minimum absolute atomic E-state index is 0.0135. The molecule has 1 aromatic carbocycles. The van der Waals surface area contributed by atoms with Crippen molar-refractivity contribution in [2.75, 3.05) is 33.2 Å². The predicted octanol–water partition coefficient (Wildman–Crippen LogP) is 2.90. The highest BCUT2D eigenvalue weighted by Gasteiger charge is 2.41. The molecule has 0 aromatic heterocycles. The molecule has 2 fully saturated rings. The molecule has 2 aliphatic rings. The van der Waals surface area contributed by atoms with E-state index in [4.69, 9.17) is 23.2 Å². The van der Waals surface area contributed by atoms with Crippen LogP contribution in [0.4, 0.5) is 4.79 Å². The van der Waals surface area contributed by atoms with Gasteiger partial charge in [0.25, 0.3) is 0 Å². The molecule has 0 radical (unpaired) electrons. The predicted molar refractivity (Wildman–Crippen MR) is 101 cm³/mol. The highest BCUT2D eigenvalue weighted by Crippen LogP contribution is 2.35. The first-order chi connectivity index (χ1) is 12.4. The maximum Gasteiger partial charge on any atom is 0.407 e. The van der Waals surface area contributed by atoms with E-state index in [0.717, 1.165) is 31.5 Å². The van der Waals surface area contributed by atoms with Gasteiger partial charge in [0, 0.05) is 32.0 Å². The molecule has 2 N–H and O–H groups in total. The van der Waals surface area contributed by atoms with Gasteiger partial charge in [-0.2, -0.15) is 0 Å². The monoisotopic (exact) mass is 399 g/mol. The summed E-state index contributed by atoms with van der Waals surface area (Å²) in [4.78, 5) is 27.6. The van der Waals surface area contributed by atoms with Crippen LogP contribution < -0.4 is 5.32 Å². The Morgan fingerprint density at radius 2 is 1.88 bits per heavy atom. The van der Waals surface area contributed by atoms with Crippen molar-refractivity contribution in [1.29, 1.82) is 0 Å². The number of amides is 2. The Kier molecular flexibility index (Phi) is 5.95. The van der Waals surface area contributed by atoms with Crippen molar-refractivity contribution in [3.63, 3.8) is 0 Å². The number of benzene rings is 1. The topological polar surface area (TPSA) is 72.9 Å². The van der Waals surface area contributed by atoms with Gasteiger partial charge in [-0.1, -0.05) is 29.3 Å². The van der Waals surface area contributed by atoms with Crippen LogP contribution in [0.1, 0.15) is 24.3 Å². The van der Waals surface area contributed by atoms with Gasteiger partial charge >= 0.3 is 6.09 Å². The van der Waals surface area contributed by atoms with Crippen LogP contribution >= 0.6 is 23.2 Å². The van der Waals surface area contributed by atoms with Crippen LogP contribution in [0.3, 0.4) is 0 Å². The summed E-state index contributed by atoms with van der Waals surface area (Å²) >= 11 is 12.2. The molecule has 0 aliphatic carbocycles. The summed E-state index contributed by atoms with van der Waals surface area (Å²) in [5, 5.41) is 13.6. The van der Waals surface area contributed by atoms with Crippen molar-refractivity contribution in [3.05, 3.63) is 33.8 Å². The molecule has 2 saturated heterocycles. The van der Waals surface area contributed by atoms with E-state index in [1.165, 1.54) is 4.90 Å². The van der Waals surface area contributed by atoms with Crippen LogP contribution in [0.15, 0.2) is 18.2 Å². The van der Waals surface area contributed by atoms with Crippen LogP contribution in [0.25, 0.3) is 0 Å². The highest BCUT2D eigenvalue weighted by atomic mass is 35.5. The lowest BCUT2D eigenvalue weighted by Gasteiger charge is -2.27. The van der Waals surface area contributed by atoms with Crippen molar-refractivity contribution in [2.24, 2.45) is 5.92 Å². The zero-order valence-corrected chi connectivity index (χ0v) is 16.1. The smallest absolute Gasteiger partial charge is 0.407 e. The first-order valence-corrected chi connectivity index (χ1v) is 9.54. The fourth-order valence-electron chi connectivity index (χ4n) is 3.90. The van der Waals surface area contributed by atoms with Gasteiger partial charge in [-0.15, -0.1) is 0 Å². The van der Waals surface area contributed by atoms with Crippen LogP contribution in [-0.2, 0) is 4.79 Å². The number of rotatable bonds is 3. The zero-order valence-electron chi connectivity index (χ0n) is 14.6. The van der Waals surface area contributed by atoms with E-state index in [-0.39, 0.29) is 23.8 Å². The number of hydrogen-bond acceptors (Lipinski definition) is 3. The van der Waals surface area contributed by atoms with Gasteiger partial charge in [-0.3, -0.25) is 4.79 Å². The second kappa shape index (κ2) is 8.03. The Labute approximate surface area is 163 Å². The number of carbonyl (C=O) groups excluding carboxylic acids is 1. The third kappa shape index (κ3) is 3.92. The third-order valence-corrected chi connectivity index (χ3v) is 6.20. The van der Waals surface area contributed by atoms with E-state index in [1.807, 2.05) is 11.0 Å². The van der Waals surface area contributed by atoms with Crippen LogP contribution in [-0.4, -0.2) is 66.2 Å². The summed E-state index contributed by atoms with van der Waals surface area (Å²) in [7, 11) is 1.55. The van der Waals surface area contributed by atoms with E-state index in [9.17, 15) is 14.7 Å². The molecule has 0 unspecified atom stereocenters. The van der Waals surface area contributed by atoms with Gasteiger partial charge in [0.2, 0.25) is 5.91 Å². The number of piperidine rings is 1. The average Bonchev–Trinajstić information content (AvgIpc) is 3.08. The molecule has 0 bridgehead atoms. The van der Waals surface area contributed by atoms with Crippen molar-refractivity contribution >= 4 is 35.2 Å². The summed E-state index contributed by atoms with van der Waals surface area (Å²) in [5.74, 6) is 0.00831. The molecular formula is C18H23Cl2N3O3. The van der Waals surface area contributed by atoms with E-state index in [2.05, 4.69) is 5.32 Å². The zero-order chi connectivity index (χ0) is 18.8. The fraction of sp³-hybridized carbons (Fsp3) is 0.556. The average molecular weight is 400 g/mol. The van der Waals surface area contributed by atoms with Crippen molar-refractivity contribution in [3.8, 4) is 0 Å². The summed E-state index contributed by atoms with van der Waals surface area (Å²) in [6, 6.07) is 5.04. The van der Waals surface area contributed by atoms with Gasteiger partial charge in [-0.05, 0) is 43.6 Å². The Morgan fingerprint density at radius 3 is 2.50 bits per heavy atom. The quantitative estimate of drug-likeness (QED) is 0.819. The maximum atomic E-state index is 12.9. The molecule has 0 spiro atoms. The Morgan fingerprint density at radius 1 is 1.19 bits per heavy atom. The maximum absolute atomic E-state index is 12.9. The highest BCUT2D eigenvalue weighted by molar-refractivity contribution is 6.42. The number of carbonyl (C=O) groups is 2. The number of likely N-dealkylation sites (tertiary alicyclic amines) is 1. The Balaban J connectivity index is 1.84. The fourth-order valence-corrected chi connectivity index (χ4v) is 4.21. The van der Waals surface area contributed by atoms with Crippen molar-refractivity contribution in [1.82, 2.24) is 15.1 Å². The van der Waals surface area contributed by atoms with Crippen LogP contribution in [0, 0.1) is 5.92 Å². The summed E-state index contributed by atoms with van der Waals surface area (Å²) in [6.07, 6.45) is 0.648. The van der Waals surface area contributed by atoms with Crippen LogP contribution in [0.2, 0.25) is 10.0 Å².